The van der Waals surface area contributed by atoms with E-state index in [1.54, 1.807) is 18.2 Å². The highest BCUT2D eigenvalue weighted by Gasteiger charge is 2.33. The van der Waals surface area contributed by atoms with Crippen LogP contribution < -0.4 is 10.6 Å². The van der Waals surface area contributed by atoms with Crippen molar-refractivity contribution in [3.8, 4) is 12.3 Å². The first-order valence-electron chi connectivity index (χ1n) is 10.1. The van der Waals surface area contributed by atoms with Gasteiger partial charge in [0.25, 0.3) is 0 Å². The molecule has 37 heavy (non-hydrogen) atoms. The normalized spacial score (nSPS) is 13.8. The third-order valence-electron chi connectivity index (χ3n) is 4.59. The number of nitrogens with two attached hydrogens (primary N) is 1. The smallest absolute Gasteiger partial charge is 0.312 e. The Labute approximate surface area is 256 Å². The molecular formula is C19H32BrClN2O2P12. The molecule has 0 amide bonds. The average Bonchev–Trinajstić information content (AvgIpc) is 2.80. The fourth-order valence-electron chi connectivity index (χ4n) is 2.75. The molecule has 1 aliphatic rings. The van der Waals surface area contributed by atoms with E-state index in [0.29, 0.717) is 16.3 Å². The van der Waals surface area contributed by atoms with Gasteiger partial charge in [0.2, 0.25) is 0 Å². The number of ether oxygens (including phenoxy) is 1. The van der Waals surface area contributed by atoms with Gasteiger partial charge >= 0.3 is 5.97 Å². The number of nitrogen functional groups attached to an aromatic ring is 1. The van der Waals surface area contributed by atoms with Crippen molar-refractivity contribution >= 4 is 142 Å². The molecule has 1 aliphatic heterocycles. The van der Waals surface area contributed by atoms with E-state index in [9.17, 15) is 4.79 Å². The number of hydrogen-bond donors (Lipinski definition) is 1. The number of carbonyl (C=O) groups is 1. The number of anilines is 2. The van der Waals surface area contributed by atoms with E-state index in [1.165, 1.54) is 7.11 Å². The first-order valence-corrected chi connectivity index (χ1v) is 32.2. The molecule has 2 aromatic carbocycles. The van der Waals surface area contributed by atoms with Crippen LogP contribution in [-0.2, 0) is 9.53 Å². The highest BCUT2D eigenvalue weighted by Crippen LogP contribution is 3.16. The van der Waals surface area contributed by atoms with Crippen LogP contribution in [0.5, 0.6) is 0 Å². The minimum atomic E-state index is -0.110. The lowest BCUT2D eigenvalue weighted by atomic mass is 9.99. The fourth-order valence-corrected chi connectivity index (χ4v) is 106. The van der Waals surface area contributed by atoms with Gasteiger partial charge in [0, 0.05) is 39.5 Å². The molecule has 2 aromatic rings. The summed E-state index contributed by atoms with van der Waals surface area (Å²) >= 11 is 9.07. The van der Waals surface area contributed by atoms with Crippen LogP contribution in [0.1, 0.15) is 5.56 Å². The lowest BCUT2D eigenvalue weighted by Crippen LogP contribution is -2.50. The molecule has 3 rings (SSSR count). The van der Waals surface area contributed by atoms with E-state index in [0.717, 1.165) is 23.2 Å². The SMILES string of the molecule is C#Cc1cc(Cl)ccc1N.COC(=O)C1CN(c2cccc(Br)c2)C1.PP(P)P(P)P(P(P)P)P(P)P. The summed E-state index contributed by atoms with van der Waals surface area (Å²) in [5.74, 6) is 2.35. The second kappa shape index (κ2) is 20.0. The summed E-state index contributed by atoms with van der Waals surface area (Å²) in [5.41, 5.74) is 7.88. The molecule has 0 aromatic heterocycles. The number of hydrogen-bond acceptors (Lipinski definition) is 4. The molecule has 1 saturated heterocycles. The third-order valence-corrected chi connectivity index (χ3v) is 72.0. The van der Waals surface area contributed by atoms with Crippen molar-refractivity contribution in [1.29, 1.82) is 0 Å². The zero-order valence-corrected chi connectivity index (χ0v) is 34.9. The van der Waals surface area contributed by atoms with Gasteiger partial charge in [0.05, 0.1) is 13.0 Å². The van der Waals surface area contributed by atoms with Crippen molar-refractivity contribution in [3.63, 3.8) is 0 Å². The van der Waals surface area contributed by atoms with Gasteiger partial charge in [-0.05, 0) is 71.3 Å². The van der Waals surface area contributed by atoms with E-state index in [-0.39, 0.29) is 46.8 Å². The Morgan fingerprint density at radius 2 is 1.68 bits per heavy atom. The highest BCUT2D eigenvalue weighted by molar-refractivity contribution is 9.21. The number of rotatable bonds is 6. The van der Waals surface area contributed by atoms with Gasteiger partial charge in [-0.15, -0.1) is 68.9 Å². The molecular weight excluding hydrogens is 775 g/mol. The summed E-state index contributed by atoms with van der Waals surface area (Å²) in [6.45, 7) is 2.21. The van der Waals surface area contributed by atoms with Gasteiger partial charge < -0.3 is 15.4 Å². The molecule has 1 fully saturated rings. The second-order valence-corrected chi connectivity index (χ2v) is 53.5. The molecule has 18 heteroatoms. The molecule has 1 heterocycles. The van der Waals surface area contributed by atoms with E-state index in [4.69, 9.17) is 23.8 Å². The third kappa shape index (κ3) is 13.9. The van der Waals surface area contributed by atoms with E-state index in [2.05, 4.69) is 94.0 Å². The maximum atomic E-state index is 11.2. The largest absolute Gasteiger partial charge is 0.469 e. The van der Waals surface area contributed by atoms with Gasteiger partial charge in [-0.2, -0.15) is 0 Å². The number of nitrogens with zero attached hydrogens (tertiary/aromatic N) is 1. The minimum Gasteiger partial charge on any atom is -0.469 e. The fraction of sp³-hybridized carbons (Fsp3) is 0.211. The lowest BCUT2D eigenvalue weighted by Gasteiger charge is -2.39. The van der Waals surface area contributed by atoms with Crippen molar-refractivity contribution in [2.45, 2.75) is 0 Å². The zero-order chi connectivity index (χ0) is 28.3. The maximum Gasteiger partial charge on any atom is 0.312 e. The zero-order valence-electron chi connectivity index (χ0n) is 20.0. The summed E-state index contributed by atoms with van der Waals surface area (Å²) in [7, 11) is 22.4. The van der Waals surface area contributed by atoms with Crippen LogP contribution >= 0.6 is 125 Å². The molecule has 0 aliphatic carbocycles. The molecule has 4 nitrogen and oxygen atoms in total. The molecule has 2 N–H and O–H groups in total. The van der Waals surface area contributed by atoms with Crippen molar-refractivity contribution < 1.29 is 9.53 Å². The number of halogens is 2. The van der Waals surface area contributed by atoms with Crippen molar-refractivity contribution in [2.75, 3.05) is 30.8 Å². The molecule has 8 unspecified atom stereocenters. The van der Waals surface area contributed by atoms with Crippen LogP contribution in [0.3, 0.4) is 0 Å². The number of benzene rings is 2. The first-order chi connectivity index (χ1) is 17.3. The van der Waals surface area contributed by atoms with Gasteiger partial charge in [0.1, 0.15) is 0 Å². The summed E-state index contributed by atoms with van der Waals surface area (Å²) in [6, 6.07) is 13.1. The quantitative estimate of drug-likeness (QED) is 0.137. The maximum absolute atomic E-state index is 11.2. The summed E-state index contributed by atoms with van der Waals surface area (Å²) in [5, 5.41) is 0.613. The van der Waals surface area contributed by atoms with E-state index >= 15 is 0 Å². The predicted molar refractivity (Wildman–Crippen MR) is 208 cm³/mol. The van der Waals surface area contributed by atoms with E-state index < -0.39 is 0 Å². The summed E-state index contributed by atoms with van der Waals surface area (Å²) in [4.78, 5) is 13.3. The van der Waals surface area contributed by atoms with Gasteiger partial charge in [0.15, 0.2) is 0 Å². The number of methoxy groups -OCH3 is 1. The van der Waals surface area contributed by atoms with Gasteiger partial charge in [-0.25, -0.2) is 0 Å². The number of carbonyl (C=O) groups excluding carboxylic acids is 1. The Morgan fingerprint density at radius 3 is 2.08 bits per heavy atom. The Hall–Kier alpha value is 3.00. The van der Waals surface area contributed by atoms with Crippen LogP contribution in [-0.4, -0.2) is 26.2 Å². The molecule has 204 valence electrons. The van der Waals surface area contributed by atoms with Crippen molar-refractivity contribution in [1.82, 2.24) is 0 Å². The first kappa shape index (κ1) is 38.0. The Bertz CT molecular complexity index is 1050. The van der Waals surface area contributed by atoms with Crippen LogP contribution in [0.15, 0.2) is 46.9 Å². The van der Waals surface area contributed by atoms with Crippen LogP contribution in [0.25, 0.3) is 0 Å². The topological polar surface area (TPSA) is 55.6 Å². The molecule has 0 radical (unpaired) electrons. The summed E-state index contributed by atoms with van der Waals surface area (Å²) in [6.07, 6.45) is 5.13. The summed E-state index contributed by atoms with van der Waals surface area (Å²) < 4.78 is 5.74. The molecule has 0 spiro atoms. The Kier molecular flexibility index (Phi) is 20.6. The van der Waals surface area contributed by atoms with Crippen LogP contribution in [0, 0.1) is 18.3 Å². The number of terminal acetylenes is 1. The second-order valence-electron chi connectivity index (χ2n) is 7.21. The van der Waals surface area contributed by atoms with Crippen LogP contribution in [0.4, 0.5) is 11.4 Å². The number of esters is 1. The van der Waals surface area contributed by atoms with Crippen molar-refractivity contribution in [3.05, 3.63) is 57.5 Å². The highest BCUT2D eigenvalue weighted by atomic mass is 79.9. The van der Waals surface area contributed by atoms with Crippen LogP contribution in [0.2, 0.25) is 5.02 Å². The van der Waals surface area contributed by atoms with Gasteiger partial charge in [-0.1, -0.05) is 39.5 Å². The standard InChI is InChI=1S/C11H12BrNO2.C8H6ClN.H14P12/c1-15-11(14)8-6-13(7-8)10-4-2-3-9(12)5-10;1-2-6-5-7(9)3-4-8(6)10;1-8(2)11(7)12(9(3)4)10(5)6/h2-5,8H,6-7H2,1H3;1,3-5H,10H2;1-7H2. The average molecular weight is 808 g/mol. The monoisotopic (exact) mass is 806 g/mol. The lowest BCUT2D eigenvalue weighted by molar-refractivity contribution is -0.146. The molecule has 0 bridgehead atoms. The molecule has 0 saturated carbocycles. The van der Waals surface area contributed by atoms with E-state index in [1.807, 2.05) is 24.3 Å². The van der Waals surface area contributed by atoms with Crippen molar-refractivity contribution in [2.24, 2.45) is 5.92 Å². The Balaban J connectivity index is 0.000000284. The molecule has 8 atom stereocenters. The minimum absolute atomic E-state index is 0.0361. The predicted octanol–water partition coefficient (Wildman–Crippen LogP) is 10.5. The Morgan fingerprint density at radius 1 is 1.08 bits per heavy atom. The van der Waals surface area contributed by atoms with Gasteiger partial charge in [-0.3, -0.25) is 4.79 Å².